The molecule has 0 unspecified atom stereocenters. The monoisotopic (exact) mass is 474 g/mol. The van der Waals surface area contributed by atoms with Gasteiger partial charge in [-0.05, 0) is 50.1 Å². The third-order valence-corrected chi connectivity index (χ3v) is 6.42. The average molecular weight is 475 g/mol. The van der Waals surface area contributed by atoms with Crippen LogP contribution in [0.3, 0.4) is 0 Å². The van der Waals surface area contributed by atoms with Crippen molar-refractivity contribution in [2.75, 3.05) is 13.2 Å². The summed E-state index contributed by atoms with van der Waals surface area (Å²) in [6.45, 7) is 9.85. The summed E-state index contributed by atoms with van der Waals surface area (Å²) in [5.41, 5.74) is 3.48. The largest absolute Gasteiger partial charge is 0.490 e. The number of aromatic nitrogens is 1. The number of carbonyl (C=O) groups is 1. The molecule has 7 heteroatoms. The summed E-state index contributed by atoms with van der Waals surface area (Å²) < 4.78 is 13.1. The molecule has 34 heavy (non-hydrogen) atoms. The number of ether oxygens (including phenoxy) is 2. The fourth-order valence-electron chi connectivity index (χ4n) is 3.86. The molecular formula is C27H26N2O4S. The van der Waals surface area contributed by atoms with Crippen molar-refractivity contribution in [3.63, 3.8) is 0 Å². The minimum absolute atomic E-state index is 0.207. The van der Waals surface area contributed by atoms with Crippen LogP contribution in [0.25, 0.3) is 6.08 Å². The van der Waals surface area contributed by atoms with Gasteiger partial charge in [0.05, 0.1) is 28.5 Å². The van der Waals surface area contributed by atoms with Gasteiger partial charge in [0.1, 0.15) is 12.4 Å². The first-order chi connectivity index (χ1) is 16.4. The molecule has 0 spiro atoms. The lowest BCUT2D eigenvalue weighted by molar-refractivity contribution is -0.139. The predicted molar refractivity (Wildman–Crippen MR) is 134 cm³/mol. The van der Waals surface area contributed by atoms with Gasteiger partial charge < -0.3 is 9.47 Å². The number of hydrogen-bond donors (Lipinski definition) is 0. The molecule has 6 nitrogen and oxygen atoms in total. The lowest BCUT2D eigenvalue weighted by Crippen LogP contribution is -2.39. The molecule has 1 aliphatic rings. The lowest BCUT2D eigenvalue weighted by atomic mass is 9.95. The molecule has 1 atom stereocenters. The fraction of sp³-hybridized carbons (Fsp3) is 0.222. The fourth-order valence-corrected chi connectivity index (χ4v) is 4.90. The van der Waals surface area contributed by atoms with E-state index < -0.39 is 12.0 Å². The van der Waals surface area contributed by atoms with Gasteiger partial charge in [-0.3, -0.25) is 9.36 Å². The van der Waals surface area contributed by atoms with Crippen LogP contribution in [0, 0.1) is 6.92 Å². The molecule has 0 fully saturated rings. The van der Waals surface area contributed by atoms with E-state index in [-0.39, 0.29) is 12.2 Å². The van der Waals surface area contributed by atoms with Gasteiger partial charge in [-0.2, -0.15) is 0 Å². The van der Waals surface area contributed by atoms with E-state index in [0.29, 0.717) is 33.0 Å². The molecule has 0 radical (unpaired) electrons. The molecule has 2 heterocycles. The third kappa shape index (κ3) is 4.65. The Balaban J connectivity index is 1.88. The van der Waals surface area contributed by atoms with Gasteiger partial charge in [0.15, 0.2) is 4.80 Å². The summed E-state index contributed by atoms with van der Waals surface area (Å²) in [6.07, 6.45) is 3.50. The number of benzene rings is 2. The Bertz CT molecular complexity index is 1440. The maximum atomic E-state index is 13.6. The summed E-state index contributed by atoms with van der Waals surface area (Å²) in [7, 11) is 0. The highest BCUT2D eigenvalue weighted by atomic mass is 32.1. The Labute approximate surface area is 201 Å². The molecule has 3 aromatic rings. The van der Waals surface area contributed by atoms with Crippen LogP contribution in [0.4, 0.5) is 0 Å². The van der Waals surface area contributed by atoms with E-state index in [2.05, 4.69) is 11.6 Å². The zero-order valence-electron chi connectivity index (χ0n) is 19.4. The minimum atomic E-state index is -0.611. The number of aryl methyl sites for hydroxylation is 1. The second-order valence-electron chi connectivity index (χ2n) is 7.89. The number of allylic oxidation sites excluding steroid dienone is 1. The van der Waals surface area contributed by atoms with Gasteiger partial charge in [-0.25, -0.2) is 9.79 Å². The average Bonchev–Trinajstić information content (AvgIpc) is 3.12. The Kier molecular flexibility index (Phi) is 6.93. The van der Waals surface area contributed by atoms with Crippen LogP contribution in [0.5, 0.6) is 5.75 Å². The van der Waals surface area contributed by atoms with Gasteiger partial charge in [0, 0.05) is 0 Å². The second-order valence-corrected chi connectivity index (χ2v) is 8.89. The topological polar surface area (TPSA) is 69.9 Å². The number of rotatable bonds is 7. The number of fused-ring (bicyclic) bond motifs is 1. The summed E-state index contributed by atoms with van der Waals surface area (Å²) in [4.78, 5) is 31.7. The zero-order chi connectivity index (χ0) is 24.2. The maximum Gasteiger partial charge on any atom is 0.338 e. The molecule has 1 aromatic heterocycles. The van der Waals surface area contributed by atoms with E-state index >= 15 is 0 Å². The molecule has 1 aliphatic heterocycles. The SMILES string of the molecule is C=CCOc1cccc(/C=c2\sc3n(c2=O)[C@H](c2ccc(C)cc2)C(C(=O)OCC)=C(C)N=3)c1. The van der Waals surface area contributed by atoms with Gasteiger partial charge in [0.2, 0.25) is 0 Å². The minimum Gasteiger partial charge on any atom is -0.490 e. The lowest BCUT2D eigenvalue weighted by Gasteiger charge is -2.24. The summed E-state index contributed by atoms with van der Waals surface area (Å²) in [5, 5.41) is 0. The van der Waals surface area contributed by atoms with E-state index in [9.17, 15) is 9.59 Å². The van der Waals surface area contributed by atoms with Crippen molar-refractivity contribution < 1.29 is 14.3 Å². The van der Waals surface area contributed by atoms with E-state index in [0.717, 1.165) is 16.7 Å². The van der Waals surface area contributed by atoms with E-state index in [1.807, 2.05) is 61.5 Å². The number of thiazole rings is 1. The first-order valence-electron chi connectivity index (χ1n) is 11.0. The van der Waals surface area contributed by atoms with Crippen LogP contribution in [-0.4, -0.2) is 23.8 Å². The van der Waals surface area contributed by atoms with Crippen LogP contribution in [0.15, 0.2) is 82.2 Å². The summed E-state index contributed by atoms with van der Waals surface area (Å²) in [5.74, 6) is 0.232. The molecule has 174 valence electrons. The molecule has 4 rings (SSSR count). The molecule has 0 N–H and O–H groups in total. The van der Waals surface area contributed by atoms with Crippen molar-refractivity contribution in [3.05, 3.63) is 109 Å². The predicted octanol–water partition coefficient (Wildman–Crippen LogP) is 3.67. The standard InChI is InChI=1S/C27H26N2O4S/c1-5-14-33-21-9-7-8-19(15-21)16-22-25(30)29-24(20-12-10-17(3)11-13-20)23(26(31)32-6-2)18(4)28-27(29)34-22/h5,7-13,15-16,24H,1,6,14H2,2-4H3/b22-16-/t24-/m1/s1. The molecule has 0 saturated carbocycles. The first kappa shape index (κ1) is 23.4. The van der Waals surface area contributed by atoms with E-state index in [1.54, 1.807) is 24.5 Å². The van der Waals surface area contributed by atoms with Gasteiger partial charge in [-0.15, -0.1) is 0 Å². The van der Waals surface area contributed by atoms with E-state index in [4.69, 9.17) is 9.47 Å². The number of carbonyl (C=O) groups excluding carboxylic acids is 1. The van der Waals surface area contributed by atoms with Gasteiger partial charge >= 0.3 is 5.97 Å². The third-order valence-electron chi connectivity index (χ3n) is 5.43. The van der Waals surface area contributed by atoms with Crippen LogP contribution in [-0.2, 0) is 9.53 Å². The number of hydrogen-bond acceptors (Lipinski definition) is 6. The molecule has 0 amide bonds. The van der Waals surface area contributed by atoms with Crippen molar-refractivity contribution in [2.45, 2.75) is 26.8 Å². The van der Waals surface area contributed by atoms with Crippen molar-refractivity contribution in [1.82, 2.24) is 4.57 Å². The molecular weight excluding hydrogens is 448 g/mol. The molecule has 0 aliphatic carbocycles. The second kappa shape index (κ2) is 10.1. The first-order valence-corrected chi connectivity index (χ1v) is 11.8. The number of esters is 1. The Hall–Kier alpha value is -3.71. The smallest absolute Gasteiger partial charge is 0.338 e. The van der Waals surface area contributed by atoms with Gasteiger partial charge in [-0.1, -0.05) is 66.0 Å². The van der Waals surface area contributed by atoms with Crippen LogP contribution in [0.1, 0.15) is 36.6 Å². The molecule has 0 bridgehead atoms. The molecule has 0 saturated heterocycles. The number of nitrogens with zero attached hydrogens (tertiary/aromatic N) is 2. The van der Waals surface area contributed by atoms with Crippen molar-refractivity contribution in [2.24, 2.45) is 4.99 Å². The highest BCUT2D eigenvalue weighted by Gasteiger charge is 2.33. The highest BCUT2D eigenvalue weighted by Crippen LogP contribution is 2.30. The molecule has 2 aromatic carbocycles. The van der Waals surface area contributed by atoms with Crippen molar-refractivity contribution in [1.29, 1.82) is 0 Å². The van der Waals surface area contributed by atoms with E-state index in [1.165, 1.54) is 11.3 Å². The van der Waals surface area contributed by atoms with Crippen LogP contribution >= 0.6 is 11.3 Å². The van der Waals surface area contributed by atoms with Crippen molar-refractivity contribution in [3.8, 4) is 5.75 Å². The van der Waals surface area contributed by atoms with Crippen molar-refractivity contribution >= 4 is 23.4 Å². The Morgan fingerprint density at radius 1 is 1.21 bits per heavy atom. The normalized spacial score (nSPS) is 15.5. The summed E-state index contributed by atoms with van der Waals surface area (Å²) >= 11 is 1.30. The zero-order valence-corrected chi connectivity index (χ0v) is 20.2. The highest BCUT2D eigenvalue weighted by molar-refractivity contribution is 7.07. The van der Waals surface area contributed by atoms with Crippen LogP contribution in [0.2, 0.25) is 0 Å². The quantitative estimate of drug-likeness (QED) is 0.387. The summed E-state index contributed by atoms with van der Waals surface area (Å²) in [6, 6.07) is 14.7. The Morgan fingerprint density at radius 2 is 1.97 bits per heavy atom. The Morgan fingerprint density at radius 3 is 2.68 bits per heavy atom. The van der Waals surface area contributed by atoms with Gasteiger partial charge in [0.25, 0.3) is 5.56 Å². The van der Waals surface area contributed by atoms with Crippen LogP contribution < -0.4 is 19.6 Å². The maximum absolute atomic E-state index is 13.6.